The molecule has 1 unspecified atom stereocenters. The predicted molar refractivity (Wildman–Crippen MR) is 86.0 cm³/mol. The van der Waals surface area contributed by atoms with Crippen LogP contribution >= 0.6 is 0 Å². The Kier molecular flexibility index (Phi) is 6.62. The molecule has 3 nitrogen and oxygen atoms in total. The molecule has 5 heteroatoms. The minimum absolute atomic E-state index is 0.0233. The summed E-state index contributed by atoms with van der Waals surface area (Å²) in [6.07, 6.45) is 3.79. The van der Waals surface area contributed by atoms with E-state index in [9.17, 15) is 13.9 Å². The van der Waals surface area contributed by atoms with Crippen molar-refractivity contribution in [1.29, 1.82) is 0 Å². The summed E-state index contributed by atoms with van der Waals surface area (Å²) < 4.78 is 26.8. The molecular weight excluding hydrogens is 298 g/mol. The number of aliphatic hydroxyl groups excluding tert-OH is 1. The first-order valence-corrected chi connectivity index (χ1v) is 7.84. The Morgan fingerprint density at radius 3 is 2.57 bits per heavy atom. The monoisotopic (exact) mass is 320 g/mol. The molecule has 0 bridgehead atoms. The summed E-state index contributed by atoms with van der Waals surface area (Å²) in [5.41, 5.74) is 1.23. The van der Waals surface area contributed by atoms with E-state index in [-0.39, 0.29) is 5.56 Å². The van der Waals surface area contributed by atoms with E-state index in [1.165, 1.54) is 5.56 Å². The number of pyridine rings is 1. The molecule has 1 heterocycles. The van der Waals surface area contributed by atoms with E-state index in [0.717, 1.165) is 37.7 Å². The molecule has 0 spiro atoms. The first-order chi connectivity index (χ1) is 11.1. The number of rotatable bonds is 8. The van der Waals surface area contributed by atoms with Crippen LogP contribution in [0.3, 0.4) is 0 Å². The topological polar surface area (TPSA) is 36.4 Å². The molecule has 2 aromatic rings. The fourth-order valence-corrected chi connectivity index (χ4v) is 2.50. The highest BCUT2D eigenvalue weighted by Crippen LogP contribution is 2.21. The van der Waals surface area contributed by atoms with Crippen molar-refractivity contribution in [1.82, 2.24) is 9.88 Å². The standard InChI is InChI=1S/C18H22F2N2O/c1-2-22(11-7-14-5-9-21-10-6-14)12-8-18(23)16-13-15(19)3-4-17(16)20/h3-6,9-10,13,18,23H,2,7-8,11-12H2,1H3. The molecule has 0 aliphatic rings. The van der Waals surface area contributed by atoms with Crippen molar-refractivity contribution in [2.24, 2.45) is 0 Å². The third kappa shape index (κ3) is 5.37. The molecule has 23 heavy (non-hydrogen) atoms. The zero-order valence-electron chi connectivity index (χ0n) is 13.3. The Balaban J connectivity index is 1.86. The highest BCUT2D eigenvalue weighted by atomic mass is 19.1. The molecule has 1 atom stereocenters. The molecule has 1 aromatic carbocycles. The van der Waals surface area contributed by atoms with Crippen LogP contribution in [-0.2, 0) is 6.42 Å². The number of aliphatic hydroxyl groups is 1. The molecule has 0 fully saturated rings. The number of hydrogen-bond donors (Lipinski definition) is 1. The fraction of sp³-hybridized carbons (Fsp3) is 0.389. The summed E-state index contributed by atoms with van der Waals surface area (Å²) in [6.45, 7) is 4.35. The fourth-order valence-electron chi connectivity index (χ4n) is 2.50. The van der Waals surface area contributed by atoms with Crippen LogP contribution in [-0.4, -0.2) is 34.6 Å². The first kappa shape index (κ1) is 17.5. The van der Waals surface area contributed by atoms with Crippen LogP contribution in [0.1, 0.15) is 30.6 Å². The molecular formula is C18H22F2N2O. The number of benzene rings is 1. The summed E-state index contributed by atoms with van der Waals surface area (Å²) in [5.74, 6) is -1.11. The lowest BCUT2D eigenvalue weighted by Crippen LogP contribution is -2.28. The lowest BCUT2D eigenvalue weighted by atomic mass is 10.1. The number of aromatic nitrogens is 1. The predicted octanol–water partition coefficient (Wildman–Crippen LogP) is 3.35. The van der Waals surface area contributed by atoms with Gasteiger partial charge in [0.15, 0.2) is 0 Å². The van der Waals surface area contributed by atoms with Crippen LogP contribution in [0.15, 0.2) is 42.7 Å². The average Bonchev–Trinajstić information content (AvgIpc) is 2.58. The van der Waals surface area contributed by atoms with Gasteiger partial charge in [0.2, 0.25) is 0 Å². The van der Waals surface area contributed by atoms with Crippen molar-refractivity contribution in [2.45, 2.75) is 25.9 Å². The van der Waals surface area contributed by atoms with E-state index in [1.807, 2.05) is 19.1 Å². The van der Waals surface area contributed by atoms with Crippen molar-refractivity contribution < 1.29 is 13.9 Å². The van der Waals surface area contributed by atoms with Crippen LogP contribution in [0.4, 0.5) is 8.78 Å². The number of hydrogen-bond acceptors (Lipinski definition) is 3. The third-order valence-corrected chi connectivity index (χ3v) is 3.95. The quantitative estimate of drug-likeness (QED) is 0.810. The van der Waals surface area contributed by atoms with E-state index in [4.69, 9.17) is 0 Å². The van der Waals surface area contributed by atoms with Gasteiger partial charge in [-0.2, -0.15) is 0 Å². The van der Waals surface area contributed by atoms with Gasteiger partial charge in [-0.15, -0.1) is 0 Å². The summed E-state index contributed by atoms with van der Waals surface area (Å²) in [6, 6.07) is 7.12. The van der Waals surface area contributed by atoms with E-state index in [0.29, 0.717) is 13.0 Å². The van der Waals surface area contributed by atoms with E-state index < -0.39 is 17.7 Å². The highest BCUT2D eigenvalue weighted by molar-refractivity contribution is 5.21. The molecule has 0 saturated heterocycles. The summed E-state index contributed by atoms with van der Waals surface area (Å²) >= 11 is 0. The van der Waals surface area contributed by atoms with Crippen molar-refractivity contribution in [3.8, 4) is 0 Å². The largest absolute Gasteiger partial charge is 0.388 e. The Morgan fingerprint density at radius 2 is 1.87 bits per heavy atom. The average molecular weight is 320 g/mol. The molecule has 0 saturated carbocycles. The highest BCUT2D eigenvalue weighted by Gasteiger charge is 2.15. The van der Waals surface area contributed by atoms with Crippen molar-refractivity contribution in [3.63, 3.8) is 0 Å². The van der Waals surface area contributed by atoms with Crippen LogP contribution in [0.5, 0.6) is 0 Å². The molecule has 1 aromatic heterocycles. The lowest BCUT2D eigenvalue weighted by molar-refractivity contribution is 0.140. The zero-order valence-corrected chi connectivity index (χ0v) is 13.3. The van der Waals surface area contributed by atoms with E-state index in [2.05, 4.69) is 9.88 Å². The van der Waals surface area contributed by atoms with Crippen LogP contribution in [0, 0.1) is 11.6 Å². The number of likely N-dealkylation sites (N-methyl/N-ethyl adjacent to an activating group) is 1. The smallest absolute Gasteiger partial charge is 0.129 e. The van der Waals surface area contributed by atoms with Crippen LogP contribution in [0.25, 0.3) is 0 Å². The number of halogens is 2. The van der Waals surface area contributed by atoms with Gasteiger partial charge in [-0.1, -0.05) is 6.92 Å². The molecule has 124 valence electrons. The van der Waals surface area contributed by atoms with E-state index in [1.54, 1.807) is 12.4 Å². The Labute approximate surface area is 135 Å². The first-order valence-electron chi connectivity index (χ1n) is 7.84. The third-order valence-electron chi connectivity index (χ3n) is 3.95. The van der Waals surface area contributed by atoms with Gasteiger partial charge >= 0.3 is 0 Å². The van der Waals surface area contributed by atoms with Crippen LogP contribution in [0.2, 0.25) is 0 Å². The lowest BCUT2D eigenvalue weighted by Gasteiger charge is -2.22. The minimum atomic E-state index is -0.999. The molecule has 1 N–H and O–H groups in total. The van der Waals surface area contributed by atoms with Crippen molar-refractivity contribution in [3.05, 3.63) is 65.5 Å². The van der Waals surface area contributed by atoms with Gasteiger partial charge in [0.1, 0.15) is 11.6 Å². The van der Waals surface area contributed by atoms with Crippen molar-refractivity contribution in [2.75, 3.05) is 19.6 Å². The minimum Gasteiger partial charge on any atom is -0.388 e. The van der Waals surface area contributed by atoms with Gasteiger partial charge in [0.05, 0.1) is 6.10 Å². The maximum atomic E-state index is 13.6. The summed E-state index contributed by atoms with van der Waals surface area (Å²) in [7, 11) is 0. The van der Waals surface area contributed by atoms with Gasteiger partial charge in [-0.3, -0.25) is 4.98 Å². The Bertz CT molecular complexity index is 607. The normalized spacial score (nSPS) is 12.6. The van der Waals surface area contributed by atoms with Gasteiger partial charge in [0.25, 0.3) is 0 Å². The second kappa shape index (κ2) is 8.70. The van der Waals surface area contributed by atoms with Gasteiger partial charge in [0, 0.05) is 31.0 Å². The second-order valence-electron chi connectivity index (χ2n) is 5.51. The Morgan fingerprint density at radius 1 is 1.13 bits per heavy atom. The SMILES string of the molecule is CCN(CCc1ccncc1)CCC(O)c1cc(F)ccc1F. The van der Waals surface area contributed by atoms with E-state index >= 15 is 0 Å². The zero-order chi connectivity index (χ0) is 16.7. The van der Waals surface area contributed by atoms with Crippen molar-refractivity contribution >= 4 is 0 Å². The molecule has 2 rings (SSSR count). The van der Waals surface area contributed by atoms with Gasteiger partial charge in [-0.05, 0) is 55.3 Å². The molecule has 0 aliphatic heterocycles. The molecule has 0 aliphatic carbocycles. The van der Waals surface area contributed by atoms with Crippen LogP contribution < -0.4 is 0 Å². The summed E-state index contributed by atoms with van der Waals surface area (Å²) in [4.78, 5) is 6.17. The molecule has 0 radical (unpaired) electrons. The maximum absolute atomic E-state index is 13.6. The molecule has 0 amide bonds. The van der Waals surface area contributed by atoms with Gasteiger partial charge in [-0.25, -0.2) is 8.78 Å². The Hall–Kier alpha value is -1.85. The van der Waals surface area contributed by atoms with Gasteiger partial charge < -0.3 is 10.0 Å². The second-order valence-corrected chi connectivity index (χ2v) is 5.51. The summed E-state index contributed by atoms with van der Waals surface area (Å²) in [5, 5.41) is 10.1. The number of nitrogens with zero attached hydrogens (tertiary/aromatic N) is 2. The maximum Gasteiger partial charge on any atom is 0.129 e.